The lowest BCUT2D eigenvalue weighted by molar-refractivity contribution is -0.185. The summed E-state index contributed by atoms with van der Waals surface area (Å²) in [4.78, 5) is 2.81. The lowest BCUT2D eigenvalue weighted by Gasteiger charge is -2.45. The van der Waals surface area contributed by atoms with Gasteiger partial charge in [-0.15, -0.1) is 0 Å². The zero-order chi connectivity index (χ0) is 14.3. The third-order valence-electron chi connectivity index (χ3n) is 6.28. The Labute approximate surface area is 128 Å². The van der Waals surface area contributed by atoms with E-state index in [1.165, 1.54) is 45.1 Å². The second kappa shape index (κ2) is 5.80. The van der Waals surface area contributed by atoms with Crippen molar-refractivity contribution in [3.63, 3.8) is 0 Å². The molecule has 3 heterocycles. The van der Waals surface area contributed by atoms with E-state index in [9.17, 15) is 0 Å². The molecule has 2 unspecified atom stereocenters. The van der Waals surface area contributed by atoms with E-state index in [2.05, 4.69) is 17.1 Å². The van der Waals surface area contributed by atoms with Gasteiger partial charge in [0.2, 0.25) is 0 Å². The summed E-state index contributed by atoms with van der Waals surface area (Å²) in [6.07, 6.45) is 10.2. The van der Waals surface area contributed by atoms with E-state index in [0.717, 1.165) is 50.2 Å². The second-order valence-electron chi connectivity index (χ2n) is 7.43. The van der Waals surface area contributed by atoms with Crippen LogP contribution >= 0.6 is 0 Å². The van der Waals surface area contributed by atoms with Gasteiger partial charge in [0.1, 0.15) is 0 Å². The molecular weight excluding hydrogens is 264 g/mol. The summed E-state index contributed by atoms with van der Waals surface area (Å²) in [5.41, 5.74) is 0. The van der Waals surface area contributed by atoms with E-state index in [4.69, 9.17) is 9.47 Å². The maximum atomic E-state index is 5.88. The summed E-state index contributed by atoms with van der Waals surface area (Å²) >= 11 is 0. The lowest BCUT2D eigenvalue weighted by atomic mass is 9.86. The Hall–Kier alpha value is -0.160. The predicted molar refractivity (Wildman–Crippen MR) is 82.2 cm³/mol. The maximum absolute atomic E-state index is 5.88. The average molecular weight is 294 g/mol. The number of fused-ring (bicyclic) bond motifs is 2. The summed E-state index contributed by atoms with van der Waals surface area (Å²) in [6, 6.07) is 3.13. The molecule has 4 rings (SSSR count). The zero-order valence-electron chi connectivity index (χ0n) is 13.4. The highest BCUT2D eigenvalue weighted by Crippen LogP contribution is 2.39. The number of nitrogens with zero attached hydrogens (tertiary/aromatic N) is 1. The van der Waals surface area contributed by atoms with Crippen LogP contribution in [0, 0.1) is 0 Å². The molecule has 0 radical (unpaired) electrons. The number of hydrogen-bond acceptors (Lipinski definition) is 4. The van der Waals surface area contributed by atoms with E-state index >= 15 is 0 Å². The van der Waals surface area contributed by atoms with Crippen molar-refractivity contribution in [1.29, 1.82) is 0 Å². The maximum Gasteiger partial charge on any atom is 0.168 e. The third kappa shape index (κ3) is 2.76. The molecule has 4 nitrogen and oxygen atoms in total. The summed E-state index contributed by atoms with van der Waals surface area (Å²) in [5, 5.41) is 3.78. The van der Waals surface area contributed by atoms with Crippen LogP contribution in [0.4, 0.5) is 0 Å². The van der Waals surface area contributed by atoms with Crippen LogP contribution in [0.1, 0.15) is 58.3 Å². The van der Waals surface area contributed by atoms with E-state index < -0.39 is 0 Å². The van der Waals surface area contributed by atoms with Crippen LogP contribution in [-0.2, 0) is 9.47 Å². The summed E-state index contributed by atoms with van der Waals surface area (Å²) in [6.45, 7) is 5.12. The minimum Gasteiger partial charge on any atom is -0.348 e. The fourth-order valence-corrected chi connectivity index (χ4v) is 5.27. The van der Waals surface area contributed by atoms with Gasteiger partial charge < -0.3 is 14.8 Å². The average Bonchev–Trinajstić information content (AvgIpc) is 3.09. The van der Waals surface area contributed by atoms with Crippen LogP contribution in [0.3, 0.4) is 0 Å². The molecule has 2 atom stereocenters. The Bertz CT molecular complexity index is 348. The molecule has 2 bridgehead atoms. The highest BCUT2D eigenvalue weighted by molar-refractivity contribution is 4.98. The number of hydrogen-bond donors (Lipinski definition) is 1. The van der Waals surface area contributed by atoms with Crippen LogP contribution < -0.4 is 5.32 Å². The molecule has 0 aromatic rings. The number of ether oxygens (including phenoxy) is 2. The van der Waals surface area contributed by atoms with Crippen molar-refractivity contribution in [2.24, 2.45) is 0 Å². The highest BCUT2D eigenvalue weighted by atomic mass is 16.7. The minimum atomic E-state index is -0.205. The van der Waals surface area contributed by atoms with Gasteiger partial charge in [0, 0.05) is 37.0 Å². The Morgan fingerprint density at radius 2 is 1.57 bits per heavy atom. The highest BCUT2D eigenvalue weighted by Gasteiger charge is 2.43. The van der Waals surface area contributed by atoms with Crippen LogP contribution in [0.25, 0.3) is 0 Å². The molecule has 21 heavy (non-hydrogen) atoms. The third-order valence-corrected chi connectivity index (χ3v) is 6.28. The largest absolute Gasteiger partial charge is 0.348 e. The first-order chi connectivity index (χ1) is 10.3. The molecule has 0 aromatic heterocycles. The van der Waals surface area contributed by atoms with Crippen molar-refractivity contribution in [2.45, 2.75) is 88.2 Å². The van der Waals surface area contributed by atoms with Crippen molar-refractivity contribution >= 4 is 0 Å². The Kier molecular flexibility index (Phi) is 3.99. The first-order valence-electron chi connectivity index (χ1n) is 9.08. The SMILES string of the molecule is CCN(C1CCC2(CC1)OCCO2)C1CC2CCC(C1)N2. The normalized spacial score (nSPS) is 39.4. The Morgan fingerprint density at radius 1 is 0.952 bits per heavy atom. The van der Waals surface area contributed by atoms with Crippen molar-refractivity contribution in [1.82, 2.24) is 10.2 Å². The van der Waals surface area contributed by atoms with Crippen molar-refractivity contribution in [2.75, 3.05) is 19.8 Å². The van der Waals surface area contributed by atoms with Gasteiger partial charge in [-0.1, -0.05) is 6.92 Å². The molecule has 1 aliphatic carbocycles. The first-order valence-corrected chi connectivity index (χ1v) is 9.08. The van der Waals surface area contributed by atoms with Crippen molar-refractivity contribution in [3.05, 3.63) is 0 Å². The van der Waals surface area contributed by atoms with Gasteiger partial charge in [-0.3, -0.25) is 4.90 Å². The monoisotopic (exact) mass is 294 g/mol. The summed E-state index contributed by atoms with van der Waals surface area (Å²) in [7, 11) is 0. The fourth-order valence-electron chi connectivity index (χ4n) is 5.27. The van der Waals surface area contributed by atoms with Gasteiger partial charge in [0.15, 0.2) is 5.79 Å². The van der Waals surface area contributed by atoms with Crippen LogP contribution in [-0.4, -0.2) is 54.6 Å². The predicted octanol–water partition coefficient (Wildman–Crippen LogP) is 2.28. The molecule has 3 saturated heterocycles. The molecule has 0 amide bonds. The number of nitrogens with one attached hydrogen (secondary N) is 1. The number of piperidine rings is 1. The van der Waals surface area contributed by atoms with Crippen LogP contribution in [0.2, 0.25) is 0 Å². The van der Waals surface area contributed by atoms with E-state index in [1.807, 2.05) is 0 Å². The molecule has 3 aliphatic heterocycles. The molecule has 0 aromatic carbocycles. The molecule has 4 fully saturated rings. The van der Waals surface area contributed by atoms with Gasteiger partial charge in [0.05, 0.1) is 13.2 Å². The van der Waals surface area contributed by atoms with Gasteiger partial charge >= 0.3 is 0 Å². The second-order valence-corrected chi connectivity index (χ2v) is 7.43. The minimum absolute atomic E-state index is 0.205. The van der Waals surface area contributed by atoms with Gasteiger partial charge in [0.25, 0.3) is 0 Å². The van der Waals surface area contributed by atoms with Crippen molar-refractivity contribution in [3.8, 4) is 0 Å². The Morgan fingerprint density at radius 3 is 2.14 bits per heavy atom. The van der Waals surface area contributed by atoms with E-state index in [1.54, 1.807) is 0 Å². The number of rotatable bonds is 3. The first kappa shape index (κ1) is 14.4. The molecule has 1 spiro atoms. The molecule has 4 heteroatoms. The molecule has 120 valence electrons. The summed E-state index contributed by atoms with van der Waals surface area (Å²) < 4.78 is 11.8. The quantitative estimate of drug-likeness (QED) is 0.866. The van der Waals surface area contributed by atoms with Gasteiger partial charge in [-0.25, -0.2) is 0 Å². The van der Waals surface area contributed by atoms with E-state index in [0.29, 0.717) is 0 Å². The topological polar surface area (TPSA) is 33.7 Å². The van der Waals surface area contributed by atoms with Crippen molar-refractivity contribution < 1.29 is 9.47 Å². The fraction of sp³-hybridized carbons (Fsp3) is 1.00. The van der Waals surface area contributed by atoms with E-state index in [-0.39, 0.29) is 5.79 Å². The Balaban J connectivity index is 1.38. The van der Waals surface area contributed by atoms with Gasteiger partial charge in [-0.2, -0.15) is 0 Å². The van der Waals surface area contributed by atoms with Gasteiger partial charge in [-0.05, 0) is 45.1 Å². The zero-order valence-corrected chi connectivity index (χ0v) is 13.4. The van der Waals surface area contributed by atoms with Crippen LogP contribution in [0.5, 0.6) is 0 Å². The smallest absolute Gasteiger partial charge is 0.168 e. The molecular formula is C17H30N2O2. The molecule has 1 saturated carbocycles. The standard InChI is InChI=1S/C17H30N2O2/c1-2-19(16-11-13-3-4-14(12-16)18-13)15-5-7-17(8-6-15)20-9-10-21-17/h13-16,18H,2-12H2,1H3. The van der Waals surface area contributed by atoms with Crippen LogP contribution in [0.15, 0.2) is 0 Å². The molecule has 1 N–H and O–H groups in total. The molecule has 4 aliphatic rings. The lowest BCUT2D eigenvalue weighted by Crippen LogP contribution is -2.53. The summed E-state index contributed by atoms with van der Waals surface area (Å²) in [5.74, 6) is -0.205.